The van der Waals surface area contributed by atoms with Crippen molar-refractivity contribution in [2.45, 2.75) is 51.8 Å². The van der Waals surface area contributed by atoms with Crippen LogP contribution in [0.15, 0.2) is 28.9 Å². The number of pyridine rings is 1. The van der Waals surface area contributed by atoms with E-state index in [-0.39, 0.29) is 11.9 Å². The molecule has 1 aliphatic rings. The van der Waals surface area contributed by atoms with Crippen LogP contribution in [0.3, 0.4) is 0 Å². The average molecular weight is 358 g/mol. The van der Waals surface area contributed by atoms with Gasteiger partial charge in [-0.05, 0) is 38.8 Å². The van der Waals surface area contributed by atoms with E-state index in [1.165, 1.54) is 0 Å². The van der Waals surface area contributed by atoms with Gasteiger partial charge in [-0.15, -0.1) is 0 Å². The lowest BCUT2D eigenvalue weighted by Gasteiger charge is -2.36. The van der Waals surface area contributed by atoms with Gasteiger partial charge in [0.15, 0.2) is 0 Å². The summed E-state index contributed by atoms with van der Waals surface area (Å²) in [4.78, 5) is 18.7. The van der Waals surface area contributed by atoms with Crippen molar-refractivity contribution in [3.8, 4) is 0 Å². The van der Waals surface area contributed by atoms with E-state index in [2.05, 4.69) is 20.4 Å². The van der Waals surface area contributed by atoms with Crippen LogP contribution in [0.5, 0.6) is 0 Å². The monoisotopic (exact) mass is 358 g/mol. The van der Waals surface area contributed by atoms with Crippen LogP contribution >= 0.6 is 0 Å². The Balaban J connectivity index is 1.45. The quantitative estimate of drug-likeness (QED) is 0.810. The van der Waals surface area contributed by atoms with Gasteiger partial charge < -0.3 is 14.9 Å². The molecule has 2 N–H and O–H groups in total. The molecule has 3 rings (SSSR count). The lowest BCUT2D eigenvalue weighted by Crippen LogP contribution is -2.53. The number of aryl methyl sites for hydroxylation is 2. The second-order valence-electron chi connectivity index (χ2n) is 6.89. The minimum absolute atomic E-state index is 0.0489. The number of hydrogen-bond donors (Lipinski definition) is 2. The predicted molar refractivity (Wildman–Crippen MR) is 96.4 cm³/mol. The summed E-state index contributed by atoms with van der Waals surface area (Å²) >= 11 is 0. The largest absolute Gasteiger partial charge is 0.390 e. The third-order valence-corrected chi connectivity index (χ3v) is 4.91. The lowest BCUT2D eigenvalue weighted by molar-refractivity contribution is -0.123. The van der Waals surface area contributed by atoms with E-state index in [0.29, 0.717) is 25.9 Å². The Bertz CT molecular complexity index is 712. The van der Waals surface area contributed by atoms with Crippen molar-refractivity contribution in [1.29, 1.82) is 0 Å². The number of aliphatic hydroxyl groups excluding tert-OH is 1. The number of β-amino-alcohol motifs (C(OH)–C–C–N with tert-alkyl or cyclic N) is 1. The number of aromatic nitrogens is 2. The maximum absolute atomic E-state index is 12.3. The fraction of sp³-hybridized carbons (Fsp3) is 0.526. The Morgan fingerprint density at radius 3 is 2.92 bits per heavy atom. The molecule has 2 aromatic heterocycles. The molecule has 3 heterocycles. The molecular formula is C19H26N4O3. The van der Waals surface area contributed by atoms with E-state index in [9.17, 15) is 9.90 Å². The minimum Gasteiger partial charge on any atom is -0.390 e. The molecule has 0 saturated carbocycles. The summed E-state index contributed by atoms with van der Waals surface area (Å²) in [6, 6.07) is 5.63. The Hall–Kier alpha value is -2.25. The highest BCUT2D eigenvalue weighted by molar-refractivity contribution is 5.76. The first kappa shape index (κ1) is 18.5. The van der Waals surface area contributed by atoms with Crippen molar-refractivity contribution in [3.05, 3.63) is 47.1 Å². The first-order valence-corrected chi connectivity index (χ1v) is 9.04. The van der Waals surface area contributed by atoms with Crippen LogP contribution < -0.4 is 5.32 Å². The molecule has 0 spiro atoms. The van der Waals surface area contributed by atoms with Gasteiger partial charge in [0.2, 0.25) is 5.91 Å². The number of likely N-dealkylation sites (tertiary alicyclic amines) is 1. The summed E-state index contributed by atoms with van der Waals surface area (Å²) in [5.74, 6) is 0.713. The number of amides is 1. The van der Waals surface area contributed by atoms with Gasteiger partial charge in [0.05, 0.1) is 23.5 Å². The van der Waals surface area contributed by atoms with Crippen LogP contribution in [0.4, 0.5) is 0 Å². The highest BCUT2D eigenvalue weighted by Crippen LogP contribution is 2.16. The van der Waals surface area contributed by atoms with Gasteiger partial charge in [-0.3, -0.25) is 14.7 Å². The molecule has 7 heteroatoms. The summed E-state index contributed by atoms with van der Waals surface area (Å²) < 4.78 is 5.12. The van der Waals surface area contributed by atoms with Crippen LogP contribution in [0, 0.1) is 13.8 Å². The fourth-order valence-electron chi connectivity index (χ4n) is 3.41. The smallest absolute Gasteiger partial charge is 0.220 e. The molecule has 0 aromatic carbocycles. The summed E-state index contributed by atoms with van der Waals surface area (Å²) in [6.07, 6.45) is 2.89. The van der Waals surface area contributed by atoms with E-state index in [0.717, 1.165) is 35.7 Å². The number of aliphatic hydroxyl groups is 1. The molecule has 7 nitrogen and oxygen atoms in total. The molecule has 26 heavy (non-hydrogen) atoms. The van der Waals surface area contributed by atoms with Crippen LogP contribution in [-0.2, 0) is 17.8 Å². The molecule has 0 bridgehead atoms. The van der Waals surface area contributed by atoms with Gasteiger partial charge in [-0.2, -0.15) is 0 Å². The Labute approximate surface area is 153 Å². The van der Waals surface area contributed by atoms with Crippen LogP contribution in [-0.4, -0.2) is 51.3 Å². The average Bonchev–Trinajstić information content (AvgIpc) is 2.94. The third kappa shape index (κ3) is 4.68. The van der Waals surface area contributed by atoms with Crippen molar-refractivity contribution in [3.63, 3.8) is 0 Å². The highest BCUT2D eigenvalue weighted by atomic mass is 16.5. The van der Waals surface area contributed by atoms with Crippen molar-refractivity contribution < 1.29 is 14.4 Å². The first-order valence-electron chi connectivity index (χ1n) is 9.04. The molecule has 0 unspecified atom stereocenters. The summed E-state index contributed by atoms with van der Waals surface area (Å²) in [6.45, 7) is 5.80. The standard InChI is InChI=1S/C19H26N4O3/c1-13-16(14(2)26-22-13)6-7-19(25)21-17-8-10-23(12-18(17)24)11-15-5-3-4-9-20-15/h3-5,9,17-18,24H,6-8,10-12H2,1-2H3,(H,21,25)/t17-,18-/m1/s1. The number of piperidine rings is 1. The summed E-state index contributed by atoms with van der Waals surface area (Å²) in [5, 5.41) is 17.3. The molecule has 0 radical (unpaired) electrons. The molecule has 1 amide bonds. The van der Waals surface area contributed by atoms with E-state index < -0.39 is 6.10 Å². The zero-order valence-corrected chi connectivity index (χ0v) is 15.3. The number of nitrogens with one attached hydrogen (secondary N) is 1. The van der Waals surface area contributed by atoms with E-state index in [1.54, 1.807) is 6.20 Å². The maximum Gasteiger partial charge on any atom is 0.220 e. The van der Waals surface area contributed by atoms with Gasteiger partial charge in [-0.1, -0.05) is 11.2 Å². The zero-order valence-electron chi connectivity index (χ0n) is 15.3. The predicted octanol–water partition coefficient (Wildman–Crippen LogP) is 1.37. The second-order valence-corrected chi connectivity index (χ2v) is 6.89. The lowest BCUT2D eigenvalue weighted by atomic mass is 10.0. The second kappa shape index (κ2) is 8.42. The van der Waals surface area contributed by atoms with Gasteiger partial charge in [0.25, 0.3) is 0 Å². The van der Waals surface area contributed by atoms with Crippen molar-refractivity contribution in [1.82, 2.24) is 20.4 Å². The molecule has 1 aliphatic heterocycles. The third-order valence-electron chi connectivity index (χ3n) is 4.91. The molecular weight excluding hydrogens is 332 g/mol. The molecule has 2 aromatic rings. The molecule has 1 saturated heterocycles. The zero-order chi connectivity index (χ0) is 18.5. The molecule has 140 valence electrons. The van der Waals surface area contributed by atoms with Crippen LogP contribution in [0.1, 0.15) is 35.6 Å². The Morgan fingerprint density at radius 2 is 2.27 bits per heavy atom. The normalized spacial score (nSPS) is 20.9. The number of carbonyl (C=O) groups is 1. The van der Waals surface area contributed by atoms with Gasteiger partial charge in [0, 0.05) is 37.8 Å². The van der Waals surface area contributed by atoms with Crippen LogP contribution in [0.2, 0.25) is 0 Å². The molecule has 1 fully saturated rings. The SMILES string of the molecule is Cc1noc(C)c1CCC(=O)N[C@@H]1CCN(Cc2ccccn2)C[C@H]1O. The van der Waals surface area contributed by atoms with Gasteiger partial charge in [0.1, 0.15) is 5.76 Å². The summed E-state index contributed by atoms with van der Waals surface area (Å²) in [5.41, 5.74) is 2.81. The van der Waals surface area contributed by atoms with E-state index in [1.807, 2.05) is 32.0 Å². The minimum atomic E-state index is -0.574. The fourth-order valence-corrected chi connectivity index (χ4v) is 3.41. The van der Waals surface area contributed by atoms with E-state index in [4.69, 9.17) is 4.52 Å². The first-order chi connectivity index (χ1) is 12.5. The number of nitrogens with zero attached hydrogens (tertiary/aromatic N) is 3. The van der Waals surface area contributed by atoms with Gasteiger partial charge in [-0.25, -0.2) is 0 Å². The van der Waals surface area contributed by atoms with Crippen molar-refractivity contribution in [2.75, 3.05) is 13.1 Å². The number of rotatable bonds is 6. The van der Waals surface area contributed by atoms with Crippen LogP contribution in [0.25, 0.3) is 0 Å². The highest BCUT2D eigenvalue weighted by Gasteiger charge is 2.29. The Kier molecular flexibility index (Phi) is 6.00. The van der Waals surface area contributed by atoms with Gasteiger partial charge >= 0.3 is 0 Å². The van der Waals surface area contributed by atoms with Crippen molar-refractivity contribution >= 4 is 5.91 Å². The topological polar surface area (TPSA) is 91.5 Å². The number of hydrogen-bond acceptors (Lipinski definition) is 6. The van der Waals surface area contributed by atoms with E-state index >= 15 is 0 Å². The van der Waals surface area contributed by atoms with Crippen molar-refractivity contribution in [2.24, 2.45) is 0 Å². The molecule has 0 aliphatic carbocycles. The maximum atomic E-state index is 12.3. The number of carbonyl (C=O) groups excluding carboxylic acids is 1. The summed E-state index contributed by atoms with van der Waals surface area (Å²) in [7, 11) is 0. The Morgan fingerprint density at radius 1 is 1.42 bits per heavy atom. The molecule has 2 atom stereocenters.